The molecule has 3 nitrogen and oxygen atoms in total. The minimum Gasteiger partial charge on any atom is -0.356 e. The van der Waals surface area contributed by atoms with Gasteiger partial charge in [0.05, 0.1) is 0 Å². The van der Waals surface area contributed by atoms with Crippen LogP contribution in [0.5, 0.6) is 0 Å². The van der Waals surface area contributed by atoms with Crippen LogP contribution in [0, 0.1) is 23.7 Å². The highest BCUT2D eigenvalue weighted by molar-refractivity contribution is 5.78. The van der Waals surface area contributed by atoms with Crippen LogP contribution in [-0.2, 0) is 4.79 Å². The van der Waals surface area contributed by atoms with Crippen LogP contribution in [0.1, 0.15) is 52.4 Å². The lowest BCUT2D eigenvalue weighted by Gasteiger charge is -2.31. The molecule has 0 aliphatic heterocycles. The maximum absolute atomic E-state index is 12.1. The van der Waals surface area contributed by atoms with E-state index in [1.165, 1.54) is 19.3 Å². The Hall–Kier alpha value is -0.570. The number of carbonyl (C=O) groups is 1. The third-order valence-electron chi connectivity index (χ3n) is 5.00. The number of nitrogens with one attached hydrogen (secondary N) is 1. The molecule has 5 atom stereocenters. The lowest BCUT2D eigenvalue weighted by molar-refractivity contribution is -0.126. The first-order chi connectivity index (χ1) is 8.56. The normalized spacial score (nSPS) is 40.7. The molecule has 2 aliphatic carbocycles. The highest BCUT2D eigenvalue weighted by Crippen LogP contribution is 2.30. The van der Waals surface area contributed by atoms with Gasteiger partial charge >= 0.3 is 0 Å². The van der Waals surface area contributed by atoms with Crippen LogP contribution in [0.3, 0.4) is 0 Å². The van der Waals surface area contributed by atoms with E-state index in [9.17, 15) is 4.79 Å². The zero-order valence-corrected chi connectivity index (χ0v) is 11.8. The van der Waals surface area contributed by atoms with E-state index >= 15 is 0 Å². The van der Waals surface area contributed by atoms with Gasteiger partial charge in [-0.25, -0.2) is 0 Å². The standard InChI is InChI=1S/C15H28N2O/c1-10-3-5-12(7-10)9-17-15(18)13-6-4-11(2)14(16)8-13/h10-14H,3-9,16H2,1-2H3,(H,17,18). The molecule has 0 saturated heterocycles. The molecule has 2 rings (SSSR count). The molecule has 2 saturated carbocycles. The van der Waals surface area contributed by atoms with Crippen LogP contribution < -0.4 is 11.1 Å². The second kappa shape index (κ2) is 6.05. The summed E-state index contributed by atoms with van der Waals surface area (Å²) in [6, 6.07) is 0.209. The van der Waals surface area contributed by atoms with Crippen molar-refractivity contribution in [1.29, 1.82) is 0 Å². The molecule has 0 bridgehead atoms. The van der Waals surface area contributed by atoms with Gasteiger partial charge in [-0.1, -0.05) is 20.3 Å². The van der Waals surface area contributed by atoms with E-state index in [1.54, 1.807) is 0 Å². The molecule has 0 heterocycles. The van der Waals surface area contributed by atoms with Crippen molar-refractivity contribution in [1.82, 2.24) is 5.32 Å². The highest BCUT2D eigenvalue weighted by atomic mass is 16.1. The van der Waals surface area contributed by atoms with Gasteiger partial charge in [-0.2, -0.15) is 0 Å². The van der Waals surface area contributed by atoms with Gasteiger partial charge in [-0.15, -0.1) is 0 Å². The quantitative estimate of drug-likeness (QED) is 0.810. The molecule has 0 spiro atoms. The van der Waals surface area contributed by atoms with Crippen molar-refractivity contribution in [3.8, 4) is 0 Å². The van der Waals surface area contributed by atoms with Gasteiger partial charge in [-0.05, 0) is 49.9 Å². The molecule has 0 radical (unpaired) electrons. The molecule has 3 heteroatoms. The second-order valence-corrected chi connectivity index (χ2v) is 6.68. The molecule has 0 aromatic heterocycles. The van der Waals surface area contributed by atoms with Crippen LogP contribution >= 0.6 is 0 Å². The van der Waals surface area contributed by atoms with Crippen LogP contribution in [0.15, 0.2) is 0 Å². The highest BCUT2D eigenvalue weighted by Gasteiger charge is 2.30. The van der Waals surface area contributed by atoms with Gasteiger partial charge in [-0.3, -0.25) is 4.79 Å². The summed E-state index contributed by atoms with van der Waals surface area (Å²) in [7, 11) is 0. The minimum atomic E-state index is 0.162. The molecule has 0 aromatic carbocycles. The second-order valence-electron chi connectivity index (χ2n) is 6.68. The van der Waals surface area contributed by atoms with Crippen molar-refractivity contribution in [2.24, 2.45) is 29.4 Å². The molecule has 1 amide bonds. The average Bonchev–Trinajstić information content (AvgIpc) is 2.75. The average molecular weight is 252 g/mol. The Morgan fingerprint density at radius 2 is 1.94 bits per heavy atom. The zero-order chi connectivity index (χ0) is 13.1. The Morgan fingerprint density at radius 3 is 2.56 bits per heavy atom. The number of nitrogens with two attached hydrogens (primary N) is 1. The van der Waals surface area contributed by atoms with Crippen LogP contribution in [-0.4, -0.2) is 18.5 Å². The van der Waals surface area contributed by atoms with E-state index in [4.69, 9.17) is 5.73 Å². The van der Waals surface area contributed by atoms with E-state index in [-0.39, 0.29) is 17.9 Å². The van der Waals surface area contributed by atoms with Gasteiger partial charge in [0.15, 0.2) is 0 Å². The maximum Gasteiger partial charge on any atom is 0.223 e. The predicted molar refractivity (Wildman–Crippen MR) is 74.0 cm³/mol. The van der Waals surface area contributed by atoms with E-state index in [2.05, 4.69) is 19.2 Å². The lowest BCUT2D eigenvalue weighted by atomic mass is 9.79. The number of hydrogen-bond acceptors (Lipinski definition) is 2. The van der Waals surface area contributed by atoms with Gasteiger partial charge in [0, 0.05) is 18.5 Å². The Balaban J connectivity index is 1.71. The van der Waals surface area contributed by atoms with E-state index < -0.39 is 0 Å². The molecule has 0 aromatic rings. The molecular formula is C15H28N2O. The fraction of sp³-hybridized carbons (Fsp3) is 0.933. The van der Waals surface area contributed by atoms with Gasteiger partial charge in [0.1, 0.15) is 0 Å². The maximum atomic E-state index is 12.1. The summed E-state index contributed by atoms with van der Waals surface area (Å²) in [5.41, 5.74) is 6.06. The topological polar surface area (TPSA) is 55.1 Å². The monoisotopic (exact) mass is 252 g/mol. The van der Waals surface area contributed by atoms with Crippen molar-refractivity contribution in [3.63, 3.8) is 0 Å². The SMILES string of the molecule is CC1CCC(CNC(=O)C2CCC(C)C(N)C2)C1. The van der Waals surface area contributed by atoms with Crippen LogP contribution in [0.4, 0.5) is 0 Å². The van der Waals surface area contributed by atoms with Gasteiger partial charge in [0.2, 0.25) is 5.91 Å². The molecule has 2 aliphatic rings. The zero-order valence-electron chi connectivity index (χ0n) is 11.8. The molecule has 2 fully saturated rings. The van der Waals surface area contributed by atoms with E-state index in [0.29, 0.717) is 11.8 Å². The van der Waals surface area contributed by atoms with Crippen LogP contribution in [0.2, 0.25) is 0 Å². The third kappa shape index (κ3) is 3.47. The fourth-order valence-electron chi connectivity index (χ4n) is 3.49. The molecule has 5 unspecified atom stereocenters. The molecule has 104 valence electrons. The number of carbonyl (C=O) groups excluding carboxylic acids is 1. The first-order valence-electron chi connectivity index (χ1n) is 7.59. The number of rotatable bonds is 3. The van der Waals surface area contributed by atoms with Crippen molar-refractivity contribution in [3.05, 3.63) is 0 Å². The first-order valence-corrected chi connectivity index (χ1v) is 7.59. The fourth-order valence-corrected chi connectivity index (χ4v) is 3.49. The van der Waals surface area contributed by atoms with Crippen molar-refractivity contribution in [2.75, 3.05) is 6.54 Å². The van der Waals surface area contributed by atoms with Gasteiger partial charge < -0.3 is 11.1 Å². The largest absolute Gasteiger partial charge is 0.356 e. The Labute approximate surface area is 111 Å². The summed E-state index contributed by atoms with van der Waals surface area (Å²) in [4.78, 5) is 12.1. The predicted octanol–water partition coefficient (Wildman–Crippen LogP) is 2.30. The number of hydrogen-bond donors (Lipinski definition) is 2. The number of amides is 1. The summed E-state index contributed by atoms with van der Waals surface area (Å²) in [5, 5.41) is 3.16. The smallest absolute Gasteiger partial charge is 0.223 e. The van der Waals surface area contributed by atoms with Crippen molar-refractivity contribution in [2.45, 2.75) is 58.4 Å². The van der Waals surface area contributed by atoms with Gasteiger partial charge in [0.25, 0.3) is 0 Å². The summed E-state index contributed by atoms with van der Waals surface area (Å²) in [5.74, 6) is 2.53. The first kappa shape index (κ1) is 13.9. The lowest BCUT2D eigenvalue weighted by Crippen LogP contribution is -2.42. The Morgan fingerprint density at radius 1 is 1.17 bits per heavy atom. The third-order valence-corrected chi connectivity index (χ3v) is 5.00. The summed E-state index contributed by atoms with van der Waals surface area (Å²) in [6.07, 6.45) is 6.87. The van der Waals surface area contributed by atoms with Crippen molar-refractivity contribution >= 4 is 5.91 Å². The minimum absolute atomic E-state index is 0.162. The van der Waals surface area contributed by atoms with E-state index in [1.807, 2.05) is 0 Å². The van der Waals surface area contributed by atoms with Crippen molar-refractivity contribution < 1.29 is 4.79 Å². The summed E-state index contributed by atoms with van der Waals surface area (Å²) < 4.78 is 0. The molecule has 18 heavy (non-hydrogen) atoms. The Bertz CT molecular complexity index is 292. The molecular weight excluding hydrogens is 224 g/mol. The molecule has 3 N–H and O–H groups in total. The van der Waals surface area contributed by atoms with E-state index in [0.717, 1.165) is 31.7 Å². The Kier molecular flexibility index (Phi) is 4.66. The summed E-state index contributed by atoms with van der Waals surface area (Å²) >= 11 is 0. The van der Waals surface area contributed by atoms with Crippen LogP contribution in [0.25, 0.3) is 0 Å². The summed E-state index contributed by atoms with van der Waals surface area (Å²) in [6.45, 7) is 5.38.